The van der Waals surface area contributed by atoms with Crippen LogP contribution in [0.15, 0.2) is 47.9 Å². The molecule has 4 rings (SSSR count). The molecule has 11 heteroatoms. The maximum Gasteiger partial charge on any atom is 0.416 e. The molecule has 160 valence electrons. The fraction of sp³-hybridized carbons (Fsp3) is 0.368. The Hall–Kier alpha value is -2.18. The number of nitrogens with zero attached hydrogens (tertiary/aromatic N) is 3. The zero-order valence-corrected chi connectivity index (χ0v) is 16.2. The monoisotopic (exact) mass is 441 g/mol. The molecule has 0 amide bonds. The smallest absolute Gasteiger partial charge is 0.394 e. The van der Waals surface area contributed by atoms with Gasteiger partial charge in [0.2, 0.25) is 0 Å². The van der Waals surface area contributed by atoms with Crippen molar-refractivity contribution in [1.82, 2.24) is 14.5 Å². The molecule has 4 atom stereocenters. The third-order valence-electron chi connectivity index (χ3n) is 4.89. The molecule has 0 aliphatic carbocycles. The van der Waals surface area contributed by atoms with E-state index in [0.717, 1.165) is 12.1 Å². The van der Waals surface area contributed by atoms with Crippen molar-refractivity contribution in [2.45, 2.75) is 41.5 Å². The van der Waals surface area contributed by atoms with Gasteiger partial charge in [-0.1, -0.05) is 18.2 Å². The van der Waals surface area contributed by atoms with Crippen molar-refractivity contribution in [3.8, 4) is 0 Å². The number of rotatable bonds is 5. The summed E-state index contributed by atoms with van der Waals surface area (Å²) >= 11 is 1.26. The van der Waals surface area contributed by atoms with Crippen LogP contribution in [0.2, 0.25) is 0 Å². The summed E-state index contributed by atoms with van der Waals surface area (Å²) in [6.07, 6.45) is -5.82. The number of alkyl halides is 3. The molecule has 3 N–H and O–H groups in total. The lowest BCUT2D eigenvalue weighted by molar-refractivity contribution is -0.137. The van der Waals surface area contributed by atoms with E-state index in [2.05, 4.69) is 9.97 Å². The van der Waals surface area contributed by atoms with Gasteiger partial charge in [-0.05, 0) is 17.7 Å². The Balaban J connectivity index is 1.57. The predicted octanol–water partition coefficient (Wildman–Crippen LogP) is 2.35. The number of benzene rings is 1. The van der Waals surface area contributed by atoms with Gasteiger partial charge in [0.25, 0.3) is 0 Å². The molecular weight excluding hydrogens is 423 g/mol. The van der Waals surface area contributed by atoms with E-state index in [9.17, 15) is 28.5 Å². The minimum atomic E-state index is -4.40. The third kappa shape index (κ3) is 3.91. The molecule has 7 nitrogen and oxygen atoms in total. The lowest BCUT2D eigenvalue weighted by Crippen LogP contribution is -2.33. The standard InChI is InChI=1S/C19H18F3N3O4S/c20-19(21,22)11-3-1-2-10(6-11)8-30-17-12-4-5-25(16(12)23-9-24-17)18-15(28)14(27)13(7-26)29-18/h1-6,9,13-15,18,26-28H,7-8H2/t13-,14-,15-,18-/m1/s1. The number of thioether (sulfide) groups is 1. The molecule has 1 aliphatic rings. The first kappa shape index (κ1) is 21.1. The van der Waals surface area contributed by atoms with Crippen molar-refractivity contribution < 1.29 is 33.2 Å². The normalized spacial score (nSPS) is 24.6. The number of aliphatic hydroxyl groups excluding tert-OH is 3. The van der Waals surface area contributed by atoms with Gasteiger partial charge in [-0.25, -0.2) is 9.97 Å². The third-order valence-corrected chi connectivity index (χ3v) is 5.97. The number of ether oxygens (including phenoxy) is 1. The lowest BCUT2D eigenvalue weighted by Gasteiger charge is -2.17. The Kier molecular flexibility index (Phi) is 5.73. The van der Waals surface area contributed by atoms with E-state index < -0.39 is 42.9 Å². The van der Waals surface area contributed by atoms with E-state index in [4.69, 9.17) is 4.74 Å². The van der Waals surface area contributed by atoms with E-state index in [-0.39, 0.29) is 5.75 Å². The van der Waals surface area contributed by atoms with Crippen LogP contribution in [0.4, 0.5) is 13.2 Å². The van der Waals surface area contributed by atoms with Crippen LogP contribution in [0.3, 0.4) is 0 Å². The van der Waals surface area contributed by atoms with Crippen LogP contribution in [0, 0.1) is 0 Å². The second kappa shape index (κ2) is 8.16. The Morgan fingerprint density at radius 3 is 2.63 bits per heavy atom. The van der Waals surface area contributed by atoms with Gasteiger partial charge in [0.05, 0.1) is 17.6 Å². The Bertz CT molecular complexity index is 1050. The molecule has 1 fully saturated rings. The summed E-state index contributed by atoms with van der Waals surface area (Å²) in [5.74, 6) is 0.273. The van der Waals surface area contributed by atoms with Crippen molar-refractivity contribution in [2.24, 2.45) is 0 Å². The number of fused-ring (bicyclic) bond motifs is 1. The molecule has 0 unspecified atom stereocenters. The molecular formula is C19H18F3N3O4S. The minimum Gasteiger partial charge on any atom is -0.394 e. The topological polar surface area (TPSA) is 101 Å². The van der Waals surface area contributed by atoms with Crippen LogP contribution < -0.4 is 0 Å². The van der Waals surface area contributed by atoms with Crippen LogP contribution >= 0.6 is 11.8 Å². The summed E-state index contributed by atoms with van der Waals surface area (Å²) in [6, 6.07) is 6.82. The number of halogens is 3. The average Bonchev–Trinajstić information content (AvgIpc) is 3.27. The van der Waals surface area contributed by atoms with Crippen molar-refractivity contribution in [3.05, 3.63) is 54.0 Å². The molecule has 1 aliphatic heterocycles. The fourth-order valence-corrected chi connectivity index (χ4v) is 4.29. The Labute approximate surface area is 173 Å². The number of hydrogen-bond acceptors (Lipinski definition) is 7. The van der Waals surface area contributed by atoms with Crippen LogP contribution in [0.1, 0.15) is 17.4 Å². The highest BCUT2D eigenvalue weighted by Gasteiger charge is 2.43. The molecule has 1 saturated heterocycles. The summed E-state index contributed by atoms with van der Waals surface area (Å²) in [5, 5.41) is 30.7. The Morgan fingerprint density at radius 1 is 1.13 bits per heavy atom. The zero-order chi connectivity index (χ0) is 21.5. The van der Waals surface area contributed by atoms with Crippen molar-refractivity contribution in [2.75, 3.05) is 6.61 Å². The predicted molar refractivity (Wildman–Crippen MR) is 102 cm³/mol. The molecule has 3 aromatic rings. The van der Waals surface area contributed by atoms with Crippen molar-refractivity contribution in [1.29, 1.82) is 0 Å². The second-order valence-electron chi connectivity index (χ2n) is 6.85. The molecule has 0 saturated carbocycles. The molecule has 0 spiro atoms. The van der Waals surface area contributed by atoms with Crippen LogP contribution in [0.25, 0.3) is 11.0 Å². The molecule has 1 aromatic carbocycles. The van der Waals surface area contributed by atoms with E-state index in [0.29, 0.717) is 21.6 Å². The van der Waals surface area contributed by atoms with E-state index >= 15 is 0 Å². The molecule has 0 bridgehead atoms. The quantitative estimate of drug-likeness (QED) is 0.413. The van der Waals surface area contributed by atoms with E-state index in [1.54, 1.807) is 18.3 Å². The Morgan fingerprint density at radius 2 is 1.93 bits per heavy atom. The summed E-state index contributed by atoms with van der Waals surface area (Å²) < 4.78 is 45.8. The SMILES string of the molecule is OC[C@H]1O[C@@H](n2ccc3c(SCc4cccc(C(F)(F)F)c4)ncnc32)[C@H](O)[C@@H]1O. The van der Waals surface area contributed by atoms with Gasteiger partial charge in [0, 0.05) is 11.9 Å². The second-order valence-corrected chi connectivity index (χ2v) is 7.82. The van der Waals surface area contributed by atoms with Gasteiger partial charge >= 0.3 is 6.18 Å². The van der Waals surface area contributed by atoms with Crippen molar-refractivity contribution >= 4 is 22.8 Å². The maximum atomic E-state index is 12.9. The highest BCUT2D eigenvalue weighted by Crippen LogP contribution is 2.35. The largest absolute Gasteiger partial charge is 0.416 e. The van der Waals surface area contributed by atoms with E-state index in [1.807, 2.05) is 0 Å². The molecule has 0 radical (unpaired) electrons. The first-order chi connectivity index (χ1) is 14.3. The zero-order valence-electron chi connectivity index (χ0n) is 15.4. The highest BCUT2D eigenvalue weighted by molar-refractivity contribution is 7.98. The van der Waals surface area contributed by atoms with Gasteiger partial charge in [-0.15, -0.1) is 11.8 Å². The first-order valence-corrected chi connectivity index (χ1v) is 10.0. The van der Waals surface area contributed by atoms with Crippen LogP contribution in [-0.4, -0.2) is 54.8 Å². The van der Waals surface area contributed by atoms with Gasteiger partial charge < -0.3 is 24.6 Å². The molecule has 30 heavy (non-hydrogen) atoms. The summed E-state index contributed by atoms with van der Waals surface area (Å²) in [5.41, 5.74) is 0.236. The van der Waals surface area contributed by atoms with Gasteiger partial charge in [-0.2, -0.15) is 13.2 Å². The van der Waals surface area contributed by atoms with Crippen LogP contribution in [0.5, 0.6) is 0 Å². The number of aliphatic hydroxyl groups is 3. The average molecular weight is 441 g/mol. The van der Waals surface area contributed by atoms with Gasteiger partial charge in [-0.3, -0.25) is 0 Å². The first-order valence-electron chi connectivity index (χ1n) is 9.02. The molecule has 3 heterocycles. The highest BCUT2D eigenvalue weighted by atomic mass is 32.2. The minimum absolute atomic E-state index is 0.273. The van der Waals surface area contributed by atoms with Gasteiger partial charge in [0.15, 0.2) is 6.23 Å². The lowest BCUT2D eigenvalue weighted by atomic mass is 10.1. The van der Waals surface area contributed by atoms with E-state index in [1.165, 1.54) is 28.7 Å². The summed E-state index contributed by atoms with van der Waals surface area (Å²) in [7, 11) is 0. The van der Waals surface area contributed by atoms with Gasteiger partial charge in [0.1, 0.15) is 35.3 Å². The summed E-state index contributed by atoms with van der Waals surface area (Å²) in [4.78, 5) is 8.43. The molecule has 2 aromatic heterocycles. The fourth-order valence-electron chi connectivity index (χ4n) is 3.37. The van der Waals surface area contributed by atoms with Crippen molar-refractivity contribution in [3.63, 3.8) is 0 Å². The number of hydrogen-bond donors (Lipinski definition) is 3. The maximum absolute atomic E-state index is 12.9. The number of aromatic nitrogens is 3. The van der Waals surface area contributed by atoms with Crippen LogP contribution in [-0.2, 0) is 16.7 Å². The summed E-state index contributed by atoms with van der Waals surface area (Å²) in [6.45, 7) is -0.443.